The fraction of sp³-hybridized carbons (Fsp3) is 0.267. The number of rotatable bonds is 3. The highest BCUT2D eigenvalue weighted by Gasteiger charge is 2.23. The standard InChI is InChI=1S/C15H14FN3O2S/c1-21-15(20)12-5-6-13(19-18-12)17-11-7-8-22-14-9(11)3-2-4-10(14)16/h2-6,11H,7-8H2,1H3,(H,17,19)/t11-/m1/s1. The highest BCUT2D eigenvalue weighted by Crippen LogP contribution is 2.38. The average molecular weight is 319 g/mol. The van der Waals surface area contributed by atoms with Crippen LogP contribution in [0.15, 0.2) is 35.2 Å². The molecular weight excluding hydrogens is 305 g/mol. The summed E-state index contributed by atoms with van der Waals surface area (Å²) < 4.78 is 18.4. The summed E-state index contributed by atoms with van der Waals surface area (Å²) in [6.07, 6.45) is 0.863. The van der Waals surface area contributed by atoms with E-state index in [-0.39, 0.29) is 17.6 Å². The van der Waals surface area contributed by atoms with Crippen LogP contribution in [0.2, 0.25) is 0 Å². The number of fused-ring (bicyclic) bond motifs is 1. The van der Waals surface area contributed by atoms with Crippen molar-refractivity contribution in [3.63, 3.8) is 0 Å². The number of benzene rings is 1. The number of thioether (sulfide) groups is 1. The van der Waals surface area contributed by atoms with E-state index in [1.807, 2.05) is 6.07 Å². The summed E-state index contributed by atoms with van der Waals surface area (Å²) >= 11 is 1.53. The van der Waals surface area contributed by atoms with Gasteiger partial charge in [-0.2, -0.15) is 0 Å². The van der Waals surface area contributed by atoms with E-state index < -0.39 is 5.97 Å². The Bertz CT molecular complexity index is 694. The summed E-state index contributed by atoms with van der Waals surface area (Å²) in [6, 6.07) is 8.29. The Kier molecular flexibility index (Phi) is 4.24. The third kappa shape index (κ3) is 2.89. The molecule has 0 saturated heterocycles. The van der Waals surface area contributed by atoms with E-state index in [2.05, 4.69) is 20.3 Å². The van der Waals surface area contributed by atoms with Gasteiger partial charge in [-0.15, -0.1) is 22.0 Å². The third-order valence-electron chi connectivity index (χ3n) is 3.41. The molecule has 2 aromatic rings. The van der Waals surface area contributed by atoms with Crippen LogP contribution >= 0.6 is 11.8 Å². The third-order valence-corrected chi connectivity index (χ3v) is 4.57. The monoisotopic (exact) mass is 319 g/mol. The number of methoxy groups -OCH3 is 1. The fourth-order valence-corrected chi connectivity index (χ4v) is 3.48. The highest BCUT2D eigenvalue weighted by molar-refractivity contribution is 7.99. The predicted octanol–water partition coefficient (Wildman–Crippen LogP) is 3.05. The summed E-state index contributed by atoms with van der Waals surface area (Å²) in [5.74, 6) is 0.653. The largest absolute Gasteiger partial charge is 0.464 e. The van der Waals surface area contributed by atoms with Gasteiger partial charge in [0, 0.05) is 10.6 Å². The Labute approximate surface area is 131 Å². The number of nitrogens with zero attached hydrogens (tertiary/aromatic N) is 2. The molecule has 1 N–H and O–H groups in total. The lowest BCUT2D eigenvalue weighted by atomic mass is 10.0. The number of hydrogen-bond acceptors (Lipinski definition) is 6. The highest BCUT2D eigenvalue weighted by atomic mass is 32.2. The van der Waals surface area contributed by atoms with Gasteiger partial charge >= 0.3 is 5.97 Å². The van der Waals surface area contributed by atoms with Crippen molar-refractivity contribution in [2.45, 2.75) is 17.4 Å². The Hall–Kier alpha value is -2.15. The minimum Gasteiger partial charge on any atom is -0.464 e. The van der Waals surface area contributed by atoms with Gasteiger partial charge in [-0.05, 0) is 30.2 Å². The molecule has 0 spiro atoms. The maximum absolute atomic E-state index is 13.8. The van der Waals surface area contributed by atoms with Crippen LogP contribution in [-0.4, -0.2) is 29.0 Å². The minimum absolute atomic E-state index is 0.0229. The van der Waals surface area contributed by atoms with Gasteiger partial charge in [0.2, 0.25) is 0 Å². The number of anilines is 1. The van der Waals surface area contributed by atoms with E-state index in [0.29, 0.717) is 10.7 Å². The lowest BCUT2D eigenvalue weighted by Gasteiger charge is -2.26. The van der Waals surface area contributed by atoms with Gasteiger partial charge in [-0.3, -0.25) is 0 Å². The number of nitrogens with one attached hydrogen (secondary N) is 1. The molecule has 1 aliphatic heterocycles. The topological polar surface area (TPSA) is 64.1 Å². The molecule has 22 heavy (non-hydrogen) atoms. The van der Waals surface area contributed by atoms with Gasteiger partial charge in [0.15, 0.2) is 5.69 Å². The van der Waals surface area contributed by atoms with E-state index in [9.17, 15) is 9.18 Å². The lowest BCUT2D eigenvalue weighted by molar-refractivity contribution is 0.0593. The molecule has 0 unspecified atom stereocenters. The summed E-state index contributed by atoms with van der Waals surface area (Å²) in [5.41, 5.74) is 1.08. The van der Waals surface area contributed by atoms with E-state index in [1.165, 1.54) is 24.9 Å². The Morgan fingerprint density at radius 3 is 2.95 bits per heavy atom. The molecule has 7 heteroatoms. The first-order valence-electron chi connectivity index (χ1n) is 6.79. The smallest absolute Gasteiger partial charge is 0.358 e. The molecule has 3 rings (SSSR count). The molecule has 0 amide bonds. The van der Waals surface area contributed by atoms with Gasteiger partial charge in [0.1, 0.15) is 11.6 Å². The van der Waals surface area contributed by atoms with Crippen LogP contribution < -0.4 is 5.32 Å². The van der Waals surface area contributed by atoms with E-state index in [0.717, 1.165) is 17.7 Å². The van der Waals surface area contributed by atoms with Crippen molar-refractivity contribution in [2.75, 3.05) is 18.2 Å². The van der Waals surface area contributed by atoms with Crippen LogP contribution in [0, 0.1) is 5.82 Å². The number of hydrogen-bond donors (Lipinski definition) is 1. The molecule has 114 valence electrons. The van der Waals surface area contributed by atoms with Crippen molar-refractivity contribution in [1.29, 1.82) is 0 Å². The van der Waals surface area contributed by atoms with Crippen LogP contribution in [0.25, 0.3) is 0 Å². The normalized spacial score (nSPS) is 16.7. The Morgan fingerprint density at radius 2 is 2.23 bits per heavy atom. The summed E-state index contributed by atoms with van der Waals surface area (Å²) in [4.78, 5) is 12.0. The van der Waals surface area contributed by atoms with Gasteiger partial charge in [-0.1, -0.05) is 12.1 Å². The Balaban J connectivity index is 1.80. The SMILES string of the molecule is COC(=O)c1ccc(N[C@@H]2CCSc3c(F)cccc32)nn1. The molecule has 1 aromatic carbocycles. The van der Waals surface area contributed by atoms with E-state index in [1.54, 1.807) is 18.2 Å². The van der Waals surface area contributed by atoms with E-state index >= 15 is 0 Å². The Morgan fingerprint density at radius 1 is 1.36 bits per heavy atom. The number of carbonyl (C=O) groups excluding carboxylic acids is 1. The van der Waals surface area contributed by atoms with Gasteiger partial charge in [-0.25, -0.2) is 9.18 Å². The second-order valence-electron chi connectivity index (χ2n) is 4.79. The number of esters is 1. The van der Waals surface area contributed by atoms with Gasteiger partial charge < -0.3 is 10.1 Å². The van der Waals surface area contributed by atoms with Crippen LogP contribution in [0.4, 0.5) is 10.2 Å². The predicted molar refractivity (Wildman–Crippen MR) is 81.5 cm³/mol. The van der Waals surface area contributed by atoms with Crippen molar-refractivity contribution in [3.05, 3.63) is 47.4 Å². The first-order chi connectivity index (χ1) is 10.7. The minimum atomic E-state index is -0.527. The molecule has 0 saturated carbocycles. The fourth-order valence-electron chi connectivity index (χ4n) is 2.34. The first kappa shape index (κ1) is 14.8. The van der Waals surface area contributed by atoms with Crippen molar-refractivity contribution >= 4 is 23.5 Å². The van der Waals surface area contributed by atoms with Crippen molar-refractivity contribution in [3.8, 4) is 0 Å². The molecule has 2 heterocycles. The molecule has 0 fully saturated rings. The number of carbonyl (C=O) groups is 1. The molecule has 5 nitrogen and oxygen atoms in total. The summed E-state index contributed by atoms with van der Waals surface area (Å²) in [6.45, 7) is 0. The second kappa shape index (κ2) is 6.31. The van der Waals surface area contributed by atoms with Crippen molar-refractivity contribution in [2.24, 2.45) is 0 Å². The second-order valence-corrected chi connectivity index (χ2v) is 5.89. The quantitative estimate of drug-likeness (QED) is 0.877. The van der Waals surface area contributed by atoms with Gasteiger partial charge in [0.25, 0.3) is 0 Å². The zero-order chi connectivity index (χ0) is 15.5. The molecule has 1 aromatic heterocycles. The number of halogens is 1. The van der Waals surface area contributed by atoms with Crippen LogP contribution in [0.3, 0.4) is 0 Å². The lowest BCUT2D eigenvalue weighted by Crippen LogP contribution is -2.18. The van der Waals surface area contributed by atoms with Crippen LogP contribution in [0.1, 0.15) is 28.5 Å². The maximum atomic E-state index is 13.8. The first-order valence-corrected chi connectivity index (χ1v) is 7.77. The molecular formula is C15H14FN3O2S. The van der Waals surface area contributed by atoms with E-state index in [4.69, 9.17) is 0 Å². The number of aromatic nitrogens is 2. The van der Waals surface area contributed by atoms with Crippen molar-refractivity contribution < 1.29 is 13.9 Å². The molecule has 1 aliphatic rings. The average Bonchev–Trinajstić information content (AvgIpc) is 2.56. The van der Waals surface area contributed by atoms with Crippen LogP contribution in [-0.2, 0) is 4.74 Å². The van der Waals surface area contributed by atoms with Gasteiger partial charge in [0.05, 0.1) is 13.2 Å². The zero-order valence-electron chi connectivity index (χ0n) is 11.9. The molecule has 0 aliphatic carbocycles. The zero-order valence-corrected chi connectivity index (χ0v) is 12.7. The summed E-state index contributed by atoms with van der Waals surface area (Å²) in [7, 11) is 1.29. The number of ether oxygens (including phenoxy) is 1. The summed E-state index contributed by atoms with van der Waals surface area (Å²) in [5, 5.41) is 11.0. The molecule has 1 atom stereocenters. The maximum Gasteiger partial charge on any atom is 0.358 e. The molecule has 0 bridgehead atoms. The molecule has 0 radical (unpaired) electrons. The van der Waals surface area contributed by atoms with Crippen molar-refractivity contribution in [1.82, 2.24) is 10.2 Å². The van der Waals surface area contributed by atoms with Crippen LogP contribution in [0.5, 0.6) is 0 Å².